The van der Waals surface area contributed by atoms with Crippen molar-refractivity contribution in [2.24, 2.45) is 0 Å². The van der Waals surface area contributed by atoms with E-state index in [0.29, 0.717) is 6.42 Å². The van der Waals surface area contributed by atoms with Gasteiger partial charge in [-0.05, 0) is 6.42 Å². The van der Waals surface area contributed by atoms with Crippen LogP contribution in [0.5, 0.6) is 0 Å². The van der Waals surface area contributed by atoms with Crippen molar-refractivity contribution < 1.29 is 14.6 Å². The smallest absolute Gasteiger partial charge is 0.305 e. The predicted molar refractivity (Wildman–Crippen MR) is 79.5 cm³/mol. The Morgan fingerprint density at radius 1 is 1.05 bits per heavy atom. The number of carbonyl (C=O) groups is 1. The number of ether oxygens (including phenoxy) is 1. The Balaban J connectivity index is 3.18. The Kier molecular flexibility index (Phi) is 13.9. The van der Waals surface area contributed by atoms with Crippen LogP contribution < -0.4 is 0 Å². The number of carbonyl (C=O) groups excluding carboxylic acids is 1. The van der Waals surface area contributed by atoms with Crippen LogP contribution in [0.2, 0.25) is 0 Å². The third kappa shape index (κ3) is 13.9. The highest BCUT2D eigenvalue weighted by Crippen LogP contribution is 2.10. The molecule has 0 radical (unpaired) electrons. The minimum atomic E-state index is -0.742. The second kappa shape index (κ2) is 14.1. The maximum atomic E-state index is 11.3. The lowest BCUT2D eigenvalue weighted by molar-refractivity contribution is -0.146. The molecular formula is C15H29ClO3. The molecule has 0 aliphatic carbocycles. The fourth-order valence-corrected chi connectivity index (χ4v) is 1.97. The molecule has 0 amide bonds. The summed E-state index contributed by atoms with van der Waals surface area (Å²) in [6.45, 7) is 2.24. The Hall–Kier alpha value is -0.280. The molecule has 0 fully saturated rings. The van der Waals surface area contributed by atoms with Gasteiger partial charge in [0.25, 0.3) is 0 Å². The molecule has 0 saturated heterocycles. The second-order valence-electron chi connectivity index (χ2n) is 5.07. The number of halogens is 1. The van der Waals surface area contributed by atoms with Crippen molar-refractivity contribution >= 4 is 17.6 Å². The third-order valence-corrected chi connectivity index (χ3v) is 3.46. The van der Waals surface area contributed by atoms with Gasteiger partial charge in [-0.2, -0.15) is 0 Å². The highest BCUT2D eigenvalue weighted by atomic mass is 35.5. The molecule has 0 spiro atoms. The molecule has 1 unspecified atom stereocenters. The van der Waals surface area contributed by atoms with Crippen LogP contribution in [0.1, 0.15) is 71.1 Å². The number of hydrogen-bond donors (Lipinski definition) is 1. The number of aliphatic hydroxyl groups is 1. The molecule has 0 aliphatic heterocycles. The molecule has 0 rings (SSSR count). The summed E-state index contributed by atoms with van der Waals surface area (Å²) in [6.07, 6.45) is 10.8. The van der Waals surface area contributed by atoms with Crippen molar-refractivity contribution in [3.8, 4) is 0 Å². The molecule has 0 saturated carbocycles. The normalized spacial score (nSPS) is 12.4. The summed E-state index contributed by atoms with van der Waals surface area (Å²) in [7, 11) is 0. The third-order valence-electron chi connectivity index (χ3n) is 3.10. The number of hydrogen-bond acceptors (Lipinski definition) is 3. The van der Waals surface area contributed by atoms with Crippen molar-refractivity contribution in [1.29, 1.82) is 0 Å². The van der Waals surface area contributed by atoms with Crippen molar-refractivity contribution in [3.63, 3.8) is 0 Å². The van der Waals surface area contributed by atoms with Gasteiger partial charge in [0, 0.05) is 6.42 Å². The van der Waals surface area contributed by atoms with E-state index in [4.69, 9.17) is 21.4 Å². The standard InChI is InChI=1S/C15H29ClO3/c1-2-3-4-5-6-7-8-9-10-11-15(18)19-13-14(17)12-16/h14,17H,2-13H2,1H3. The predicted octanol–water partition coefficient (Wildman–Crippen LogP) is 4.05. The van der Waals surface area contributed by atoms with Crippen LogP contribution >= 0.6 is 11.6 Å². The highest BCUT2D eigenvalue weighted by Gasteiger charge is 2.07. The van der Waals surface area contributed by atoms with Crippen molar-refractivity contribution in [2.45, 2.75) is 77.2 Å². The quantitative estimate of drug-likeness (QED) is 0.316. The number of rotatable bonds is 13. The van der Waals surface area contributed by atoms with Crippen LogP contribution in [0.4, 0.5) is 0 Å². The Morgan fingerprint density at radius 3 is 2.11 bits per heavy atom. The highest BCUT2D eigenvalue weighted by molar-refractivity contribution is 6.18. The molecule has 0 aromatic heterocycles. The number of alkyl halides is 1. The Morgan fingerprint density at radius 2 is 1.58 bits per heavy atom. The van der Waals surface area contributed by atoms with E-state index in [1.807, 2.05) is 0 Å². The molecule has 0 heterocycles. The second-order valence-corrected chi connectivity index (χ2v) is 5.38. The van der Waals surface area contributed by atoms with E-state index in [1.54, 1.807) is 0 Å². The summed E-state index contributed by atoms with van der Waals surface area (Å²) in [5.74, 6) is -0.127. The van der Waals surface area contributed by atoms with Crippen molar-refractivity contribution in [3.05, 3.63) is 0 Å². The SMILES string of the molecule is CCCCCCCCCCCC(=O)OCC(O)CCl. The summed E-state index contributed by atoms with van der Waals surface area (Å²) in [4.78, 5) is 11.3. The summed E-state index contributed by atoms with van der Waals surface area (Å²) >= 11 is 5.40. The first-order valence-electron chi connectivity index (χ1n) is 7.60. The van der Waals surface area contributed by atoms with Gasteiger partial charge in [0.2, 0.25) is 0 Å². The number of esters is 1. The molecule has 0 aliphatic rings. The molecule has 1 atom stereocenters. The van der Waals surface area contributed by atoms with Gasteiger partial charge in [0.1, 0.15) is 12.7 Å². The zero-order valence-electron chi connectivity index (χ0n) is 12.2. The summed E-state index contributed by atoms with van der Waals surface area (Å²) in [5, 5.41) is 9.13. The fraction of sp³-hybridized carbons (Fsp3) is 0.933. The van der Waals surface area contributed by atoms with Gasteiger partial charge in [0.05, 0.1) is 5.88 Å². The first kappa shape index (κ1) is 18.7. The van der Waals surface area contributed by atoms with Crippen LogP contribution in [0.15, 0.2) is 0 Å². The van der Waals surface area contributed by atoms with Crippen LogP contribution in [0.3, 0.4) is 0 Å². The van der Waals surface area contributed by atoms with E-state index in [0.717, 1.165) is 12.8 Å². The molecule has 19 heavy (non-hydrogen) atoms. The number of unbranched alkanes of at least 4 members (excludes halogenated alkanes) is 8. The fourth-order valence-electron chi connectivity index (χ4n) is 1.89. The molecule has 114 valence electrons. The van der Waals surface area contributed by atoms with Gasteiger partial charge in [-0.3, -0.25) is 4.79 Å². The first-order valence-corrected chi connectivity index (χ1v) is 8.13. The zero-order chi connectivity index (χ0) is 14.3. The maximum absolute atomic E-state index is 11.3. The van der Waals surface area contributed by atoms with E-state index < -0.39 is 6.10 Å². The van der Waals surface area contributed by atoms with E-state index in [9.17, 15) is 4.79 Å². The maximum Gasteiger partial charge on any atom is 0.305 e. The lowest BCUT2D eigenvalue weighted by Crippen LogP contribution is -2.19. The lowest BCUT2D eigenvalue weighted by Gasteiger charge is -2.08. The van der Waals surface area contributed by atoms with Gasteiger partial charge >= 0.3 is 5.97 Å². The van der Waals surface area contributed by atoms with E-state index in [2.05, 4.69) is 6.92 Å². The van der Waals surface area contributed by atoms with Gasteiger partial charge in [-0.1, -0.05) is 58.3 Å². The Bertz CT molecular complexity index is 210. The molecule has 4 heteroatoms. The van der Waals surface area contributed by atoms with Crippen LogP contribution in [0, 0.1) is 0 Å². The average molecular weight is 293 g/mol. The lowest BCUT2D eigenvalue weighted by atomic mass is 10.1. The molecule has 0 bridgehead atoms. The average Bonchev–Trinajstić information content (AvgIpc) is 2.42. The summed E-state index contributed by atoms with van der Waals surface area (Å²) < 4.78 is 4.89. The van der Waals surface area contributed by atoms with E-state index >= 15 is 0 Å². The molecule has 0 aromatic rings. The topological polar surface area (TPSA) is 46.5 Å². The molecule has 0 aromatic carbocycles. The van der Waals surface area contributed by atoms with Crippen molar-refractivity contribution in [1.82, 2.24) is 0 Å². The largest absolute Gasteiger partial charge is 0.463 e. The monoisotopic (exact) mass is 292 g/mol. The van der Waals surface area contributed by atoms with Crippen LogP contribution in [0.25, 0.3) is 0 Å². The molecule has 3 nitrogen and oxygen atoms in total. The van der Waals surface area contributed by atoms with E-state index in [-0.39, 0.29) is 18.5 Å². The summed E-state index contributed by atoms with van der Waals surface area (Å²) in [6, 6.07) is 0. The first-order chi connectivity index (χ1) is 9.20. The zero-order valence-corrected chi connectivity index (χ0v) is 13.0. The van der Waals surface area contributed by atoms with Crippen LogP contribution in [-0.2, 0) is 9.53 Å². The van der Waals surface area contributed by atoms with Gasteiger partial charge in [-0.25, -0.2) is 0 Å². The van der Waals surface area contributed by atoms with Gasteiger partial charge in [-0.15, -0.1) is 11.6 Å². The summed E-state index contributed by atoms with van der Waals surface area (Å²) in [5.41, 5.74) is 0. The Labute approximate surface area is 122 Å². The van der Waals surface area contributed by atoms with E-state index in [1.165, 1.54) is 44.9 Å². The minimum Gasteiger partial charge on any atom is -0.463 e. The molecular weight excluding hydrogens is 264 g/mol. The number of aliphatic hydroxyl groups excluding tert-OH is 1. The van der Waals surface area contributed by atoms with Crippen molar-refractivity contribution in [2.75, 3.05) is 12.5 Å². The van der Waals surface area contributed by atoms with Gasteiger partial charge in [0.15, 0.2) is 0 Å². The van der Waals surface area contributed by atoms with Crippen LogP contribution in [-0.4, -0.2) is 29.7 Å². The molecule has 1 N–H and O–H groups in total. The minimum absolute atomic E-state index is 0.0137. The van der Waals surface area contributed by atoms with Gasteiger partial charge < -0.3 is 9.84 Å².